The molecule has 0 spiro atoms. The highest BCUT2D eigenvalue weighted by atomic mass is 16.5. The van der Waals surface area contributed by atoms with Gasteiger partial charge in [0.1, 0.15) is 0 Å². The molecule has 1 aliphatic rings. The van der Waals surface area contributed by atoms with Crippen LogP contribution in [-0.2, 0) is 0 Å². The molecule has 0 heterocycles. The van der Waals surface area contributed by atoms with Crippen molar-refractivity contribution in [2.45, 2.75) is 25.7 Å². The molecule has 0 aliphatic heterocycles. The molecule has 1 aromatic carbocycles. The molecule has 0 unspecified atom stereocenters. The molecule has 1 aromatic rings. The van der Waals surface area contributed by atoms with E-state index in [0.717, 1.165) is 5.56 Å². The summed E-state index contributed by atoms with van der Waals surface area (Å²) in [6, 6.07) is 5.73. The molecule has 0 radical (unpaired) electrons. The third-order valence-corrected chi connectivity index (χ3v) is 2.35. The molecule has 0 bridgehead atoms. The Labute approximate surface area is 78.2 Å². The summed E-state index contributed by atoms with van der Waals surface area (Å²) in [5.74, 6) is 1.53. The van der Waals surface area contributed by atoms with Gasteiger partial charge in [0.25, 0.3) is 0 Å². The van der Waals surface area contributed by atoms with E-state index in [9.17, 15) is 5.11 Å². The average Bonchev–Trinajstić information content (AvgIpc) is 2.92. The lowest BCUT2D eigenvalue weighted by molar-refractivity contribution is 0.316. The summed E-state index contributed by atoms with van der Waals surface area (Å²) in [6.45, 7) is 2.52. The Morgan fingerprint density at radius 3 is 2.85 bits per heavy atom. The number of aromatic hydroxyl groups is 1. The van der Waals surface area contributed by atoms with Gasteiger partial charge in [-0.25, -0.2) is 0 Å². The first-order chi connectivity index (χ1) is 6.33. The number of hydrogen-bond donors (Lipinski definition) is 1. The van der Waals surface area contributed by atoms with Crippen LogP contribution in [-0.4, -0.2) is 11.7 Å². The van der Waals surface area contributed by atoms with Gasteiger partial charge in [0, 0.05) is 5.56 Å². The van der Waals surface area contributed by atoms with Crippen molar-refractivity contribution >= 4 is 0 Å². The zero-order valence-electron chi connectivity index (χ0n) is 7.79. The fourth-order valence-corrected chi connectivity index (χ4v) is 1.54. The van der Waals surface area contributed by atoms with Gasteiger partial charge in [0.15, 0.2) is 11.5 Å². The molecular formula is C11H14O2. The van der Waals surface area contributed by atoms with Crippen molar-refractivity contribution in [1.29, 1.82) is 0 Å². The zero-order chi connectivity index (χ0) is 9.26. The van der Waals surface area contributed by atoms with E-state index < -0.39 is 0 Å². The number of hydrogen-bond acceptors (Lipinski definition) is 2. The quantitative estimate of drug-likeness (QED) is 0.771. The molecule has 1 N–H and O–H groups in total. The SMILES string of the molecule is CCOc1cccc(C2CC2)c1O. The van der Waals surface area contributed by atoms with Crippen molar-refractivity contribution in [2.24, 2.45) is 0 Å². The molecule has 0 atom stereocenters. The summed E-state index contributed by atoms with van der Waals surface area (Å²) in [5, 5.41) is 9.81. The Hall–Kier alpha value is -1.18. The van der Waals surface area contributed by atoms with E-state index >= 15 is 0 Å². The minimum atomic E-state index is 0.340. The van der Waals surface area contributed by atoms with Crippen LogP contribution in [0.3, 0.4) is 0 Å². The molecular weight excluding hydrogens is 164 g/mol. The second kappa shape index (κ2) is 3.29. The Kier molecular flexibility index (Phi) is 2.13. The lowest BCUT2D eigenvalue weighted by Gasteiger charge is -2.08. The van der Waals surface area contributed by atoms with Crippen LogP contribution in [0.25, 0.3) is 0 Å². The largest absolute Gasteiger partial charge is 0.504 e. The van der Waals surface area contributed by atoms with Crippen molar-refractivity contribution in [3.63, 3.8) is 0 Å². The maximum atomic E-state index is 9.81. The van der Waals surface area contributed by atoms with E-state index in [1.165, 1.54) is 12.8 Å². The van der Waals surface area contributed by atoms with Gasteiger partial charge in [-0.15, -0.1) is 0 Å². The standard InChI is InChI=1S/C11H14O2/c1-2-13-10-5-3-4-9(11(10)12)8-6-7-8/h3-5,8,12H,2,6-7H2,1H3. The number of rotatable bonds is 3. The summed E-state index contributed by atoms with van der Waals surface area (Å²) in [5.41, 5.74) is 1.05. The molecule has 0 amide bonds. The Morgan fingerprint density at radius 1 is 1.46 bits per heavy atom. The van der Waals surface area contributed by atoms with Gasteiger partial charge in [-0.05, 0) is 31.7 Å². The van der Waals surface area contributed by atoms with Crippen LogP contribution >= 0.6 is 0 Å². The monoisotopic (exact) mass is 178 g/mol. The zero-order valence-corrected chi connectivity index (χ0v) is 7.79. The molecule has 2 nitrogen and oxygen atoms in total. The molecule has 70 valence electrons. The van der Waals surface area contributed by atoms with E-state index in [0.29, 0.717) is 24.0 Å². The highest BCUT2D eigenvalue weighted by Crippen LogP contribution is 2.46. The molecule has 2 heteroatoms. The van der Waals surface area contributed by atoms with Gasteiger partial charge < -0.3 is 9.84 Å². The third-order valence-electron chi connectivity index (χ3n) is 2.35. The molecule has 13 heavy (non-hydrogen) atoms. The summed E-state index contributed by atoms with van der Waals surface area (Å²) in [6.07, 6.45) is 2.40. The van der Waals surface area contributed by atoms with E-state index in [2.05, 4.69) is 0 Å². The predicted octanol–water partition coefficient (Wildman–Crippen LogP) is 2.67. The third kappa shape index (κ3) is 1.62. The van der Waals surface area contributed by atoms with Crippen molar-refractivity contribution in [2.75, 3.05) is 6.61 Å². The van der Waals surface area contributed by atoms with Crippen molar-refractivity contribution in [3.05, 3.63) is 23.8 Å². The highest BCUT2D eigenvalue weighted by Gasteiger charge is 2.27. The van der Waals surface area contributed by atoms with Gasteiger partial charge in [-0.3, -0.25) is 0 Å². The van der Waals surface area contributed by atoms with E-state index in [4.69, 9.17) is 4.74 Å². The Morgan fingerprint density at radius 2 is 2.23 bits per heavy atom. The second-order valence-electron chi connectivity index (χ2n) is 3.40. The van der Waals surface area contributed by atoms with Gasteiger partial charge in [-0.2, -0.15) is 0 Å². The van der Waals surface area contributed by atoms with Crippen LogP contribution in [0.4, 0.5) is 0 Å². The maximum absolute atomic E-state index is 9.81. The van der Waals surface area contributed by atoms with E-state index in [-0.39, 0.29) is 0 Å². The lowest BCUT2D eigenvalue weighted by atomic mass is 10.1. The van der Waals surface area contributed by atoms with Crippen LogP contribution in [0.1, 0.15) is 31.2 Å². The van der Waals surface area contributed by atoms with Gasteiger partial charge in [-0.1, -0.05) is 12.1 Å². The normalized spacial score (nSPS) is 15.8. The predicted molar refractivity (Wildman–Crippen MR) is 51.3 cm³/mol. The fraction of sp³-hybridized carbons (Fsp3) is 0.455. The first kappa shape index (κ1) is 8.42. The van der Waals surface area contributed by atoms with Gasteiger partial charge in [0.05, 0.1) is 6.61 Å². The minimum Gasteiger partial charge on any atom is -0.504 e. The van der Waals surface area contributed by atoms with Crippen LogP contribution in [0.2, 0.25) is 0 Å². The minimum absolute atomic E-state index is 0.340. The number of benzene rings is 1. The van der Waals surface area contributed by atoms with Crippen molar-refractivity contribution in [3.8, 4) is 11.5 Å². The van der Waals surface area contributed by atoms with Crippen LogP contribution < -0.4 is 4.74 Å². The summed E-state index contributed by atoms with van der Waals surface area (Å²) >= 11 is 0. The molecule has 1 aliphatic carbocycles. The van der Waals surface area contributed by atoms with Gasteiger partial charge >= 0.3 is 0 Å². The highest BCUT2D eigenvalue weighted by molar-refractivity contribution is 5.48. The molecule has 1 fully saturated rings. The van der Waals surface area contributed by atoms with Crippen LogP contribution in [0.5, 0.6) is 11.5 Å². The van der Waals surface area contributed by atoms with Crippen molar-refractivity contribution in [1.82, 2.24) is 0 Å². The van der Waals surface area contributed by atoms with Crippen molar-refractivity contribution < 1.29 is 9.84 Å². The first-order valence-electron chi connectivity index (χ1n) is 4.77. The summed E-state index contributed by atoms with van der Waals surface area (Å²) in [4.78, 5) is 0. The van der Waals surface area contributed by atoms with Crippen LogP contribution in [0.15, 0.2) is 18.2 Å². The van der Waals surface area contributed by atoms with E-state index in [1.54, 1.807) is 0 Å². The summed E-state index contributed by atoms with van der Waals surface area (Å²) < 4.78 is 5.31. The number of phenolic OH excluding ortho intramolecular Hbond substituents is 1. The fourth-order valence-electron chi connectivity index (χ4n) is 1.54. The Balaban J connectivity index is 2.30. The first-order valence-corrected chi connectivity index (χ1v) is 4.77. The molecule has 1 saturated carbocycles. The molecule has 0 aromatic heterocycles. The number of phenols is 1. The topological polar surface area (TPSA) is 29.5 Å². The van der Waals surface area contributed by atoms with Gasteiger partial charge in [0.2, 0.25) is 0 Å². The van der Waals surface area contributed by atoms with E-state index in [1.807, 2.05) is 25.1 Å². The summed E-state index contributed by atoms with van der Waals surface area (Å²) in [7, 11) is 0. The molecule has 2 rings (SSSR count). The average molecular weight is 178 g/mol. The Bertz CT molecular complexity index is 303. The second-order valence-corrected chi connectivity index (χ2v) is 3.40. The lowest BCUT2D eigenvalue weighted by Crippen LogP contribution is -1.93. The maximum Gasteiger partial charge on any atom is 0.161 e. The molecule has 0 saturated heterocycles. The number of para-hydroxylation sites is 1. The number of ether oxygens (including phenoxy) is 1. The van der Waals surface area contributed by atoms with Crippen LogP contribution in [0, 0.1) is 0 Å². The smallest absolute Gasteiger partial charge is 0.161 e.